The number of aromatic nitrogens is 2. The number of nitrogens with one attached hydrogen (secondary N) is 1. The number of ether oxygens (including phenoxy) is 1. The highest BCUT2D eigenvalue weighted by Crippen LogP contribution is 2.33. The number of amides is 1. The van der Waals surface area contributed by atoms with Crippen LogP contribution in [0.25, 0.3) is 21.3 Å². The maximum atomic E-state index is 14.6. The van der Waals surface area contributed by atoms with Gasteiger partial charge >= 0.3 is 0 Å². The van der Waals surface area contributed by atoms with Crippen molar-refractivity contribution in [2.24, 2.45) is 0 Å². The van der Waals surface area contributed by atoms with Crippen LogP contribution in [-0.4, -0.2) is 23.0 Å². The quantitative estimate of drug-likeness (QED) is 0.485. The molecule has 0 aliphatic heterocycles. The van der Waals surface area contributed by atoms with Crippen molar-refractivity contribution in [3.8, 4) is 16.9 Å². The van der Waals surface area contributed by atoms with Crippen LogP contribution in [0.15, 0.2) is 54.9 Å². The Balaban J connectivity index is 1.68. The molecule has 0 aliphatic rings. The third-order valence-electron chi connectivity index (χ3n) is 4.07. The van der Waals surface area contributed by atoms with Gasteiger partial charge in [-0.15, -0.1) is 0 Å². The summed E-state index contributed by atoms with van der Waals surface area (Å²) in [5.74, 6) is -0.521. The van der Waals surface area contributed by atoms with Crippen LogP contribution < -0.4 is 10.1 Å². The van der Waals surface area contributed by atoms with Gasteiger partial charge in [0.1, 0.15) is 11.3 Å². The number of hydrogen-bond acceptors (Lipinski definition) is 5. The molecule has 0 spiro atoms. The molecular weight excluding hydrogens is 401 g/mol. The average molecular weight is 414 g/mol. The molecule has 0 bridgehead atoms. The molecule has 4 aromatic rings. The molecule has 140 valence electrons. The van der Waals surface area contributed by atoms with E-state index in [2.05, 4.69) is 15.3 Å². The Hall–Kier alpha value is -3.03. The van der Waals surface area contributed by atoms with E-state index in [-0.39, 0.29) is 16.2 Å². The van der Waals surface area contributed by atoms with Gasteiger partial charge in [-0.25, -0.2) is 9.37 Å². The van der Waals surface area contributed by atoms with Crippen molar-refractivity contribution >= 4 is 44.2 Å². The van der Waals surface area contributed by atoms with Crippen molar-refractivity contribution in [2.45, 2.75) is 0 Å². The number of carbonyl (C=O) groups excluding carboxylic acids is 1. The lowest BCUT2D eigenvalue weighted by atomic mass is 10.1. The van der Waals surface area contributed by atoms with Crippen molar-refractivity contribution in [2.75, 3.05) is 12.4 Å². The zero-order valence-electron chi connectivity index (χ0n) is 14.6. The van der Waals surface area contributed by atoms with Crippen LogP contribution in [-0.2, 0) is 0 Å². The second-order valence-corrected chi connectivity index (χ2v) is 7.33. The summed E-state index contributed by atoms with van der Waals surface area (Å²) in [6.07, 6.45) is 3.32. The molecule has 0 saturated carbocycles. The van der Waals surface area contributed by atoms with Gasteiger partial charge in [0.05, 0.1) is 17.4 Å². The second kappa shape index (κ2) is 7.53. The van der Waals surface area contributed by atoms with Crippen LogP contribution in [0.4, 0.5) is 9.52 Å². The van der Waals surface area contributed by atoms with Crippen molar-refractivity contribution in [1.29, 1.82) is 0 Å². The molecule has 0 atom stereocenters. The van der Waals surface area contributed by atoms with Crippen LogP contribution in [0.1, 0.15) is 10.4 Å². The summed E-state index contributed by atoms with van der Waals surface area (Å²) < 4.78 is 20.4. The number of rotatable bonds is 4. The van der Waals surface area contributed by atoms with Crippen molar-refractivity contribution in [1.82, 2.24) is 9.97 Å². The van der Waals surface area contributed by atoms with Gasteiger partial charge < -0.3 is 4.74 Å². The van der Waals surface area contributed by atoms with Gasteiger partial charge in [-0.2, -0.15) is 0 Å². The Bertz CT molecular complexity index is 1180. The molecule has 2 heterocycles. The first kappa shape index (κ1) is 18.3. The van der Waals surface area contributed by atoms with Gasteiger partial charge in [-0.1, -0.05) is 29.0 Å². The Labute approximate surface area is 168 Å². The van der Waals surface area contributed by atoms with Gasteiger partial charge in [0.15, 0.2) is 10.9 Å². The highest BCUT2D eigenvalue weighted by Gasteiger charge is 2.17. The maximum Gasteiger partial charge on any atom is 0.261 e. The molecule has 0 radical (unpaired) electrons. The lowest BCUT2D eigenvalue weighted by molar-refractivity contribution is 0.102. The van der Waals surface area contributed by atoms with E-state index >= 15 is 0 Å². The third-order valence-corrected chi connectivity index (χ3v) is 5.22. The van der Waals surface area contributed by atoms with Gasteiger partial charge in [-0.05, 0) is 42.0 Å². The Kier molecular flexibility index (Phi) is 4.93. The normalized spacial score (nSPS) is 10.8. The van der Waals surface area contributed by atoms with E-state index in [4.69, 9.17) is 16.3 Å². The van der Waals surface area contributed by atoms with E-state index in [0.29, 0.717) is 21.0 Å². The summed E-state index contributed by atoms with van der Waals surface area (Å²) in [5.41, 5.74) is 1.96. The molecular formula is C20H13ClFN3O2S. The van der Waals surface area contributed by atoms with Crippen molar-refractivity contribution in [3.63, 3.8) is 0 Å². The van der Waals surface area contributed by atoms with Crippen molar-refractivity contribution in [3.05, 3.63) is 71.3 Å². The molecule has 0 fully saturated rings. The number of fused-ring (bicyclic) bond motifs is 1. The number of hydrogen-bond donors (Lipinski definition) is 1. The van der Waals surface area contributed by atoms with Gasteiger partial charge in [0.25, 0.3) is 5.91 Å². The van der Waals surface area contributed by atoms with Crippen LogP contribution >= 0.6 is 22.9 Å². The van der Waals surface area contributed by atoms with Crippen LogP contribution in [0.2, 0.25) is 5.02 Å². The highest BCUT2D eigenvalue weighted by atomic mass is 35.5. The van der Waals surface area contributed by atoms with E-state index in [1.807, 2.05) is 12.1 Å². The molecule has 28 heavy (non-hydrogen) atoms. The number of pyridine rings is 1. The first-order valence-electron chi connectivity index (χ1n) is 8.20. The maximum absolute atomic E-state index is 14.6. The standard InChI is InChI=1S/C20H13ClFN3O2S/c1-27-16-5-4-13(21)9-14(16)19(26)25-20-24-18-15(22)7-12(8-17(18)28-20)11-3-2-6-23-10-11/h2-10H,1H3,(H,24,25,26). The third kappa shape index (κ3) is 3.54. The monoisotopic (exact) mass is 413 g/mol. The van der Waals surface area contributed by atoms with E-state index in [1.165, 1.54) is 30.6 Å². The zero-order chi connectivity index (χ0) is 19.7. The number of benzene rings is 2. The molecule has 2 aromatic carbocycles. The Morgan fingerprint density at radius 1 is 1.21 bits per heavy atom. The summed E-state index contributed by atoms with van der Waals surface area (Å²) in [6, 6.07) is 11.6. The summed E-state index contributed by atoms with van der Waals surface area (Å²) in [4.78, 5) is 20.9. The van der Waals surface area contributed by atoms with Crippen molar-refractivity contribution < 1.29 is 13.9 Å². The lowest BCUT2D eigenvalue weighted by Crippen LogP contribution is -2.13. The molecule has 5 nitrogen and oxygen atoms in total. The SMILES string of the molecule is COc1ccc(Cl)cc1C(=O)Nc1nc2c(F)cc(-c3cccnc3)cc2s1. The van der Waals surface area contributed by atoms with E-state index in [1.54, 1.807) is 30.6 Å². The minimum atomic E-state index is -0.464. The largest absolute Gasteiger partial charge is 0.496 e. The van der Waals surface area contributed by atoms with Crippen LogP contribution in [0, 0.1) is 5.82 Å². The fourth-order valence-electron chi connectivity index (χ4n) is 2.76. The van der Waals surface area contributed by atoms with E-state index in [0.717, 1.165) is 5.56 Å². The molecule has 1 amide bonds. The predicted octanol–water partition coefficient (Wildman–Crippen LogP) is 5.41. The first-order valence-corrected chi connectivity index (χ1v) is 9.40. The summed E-state index contributed by atoms with van der Waals surface area (Å²) in [5, 5.41) is 3.37. The molecule has 2 aromatic heterocycles. The van der Waals surface area contributed by atoms with E-state index in [9.17, 15) is 9.18 Å². The Morgan fingerprint density at radius 2 is 2.07 bits per heavy atom. The van der Waals surface area contributed by atoms with Gasteiger partial charge in [0, 0.05) is 23.0 Å². The lowest BCUT2D eigenvalue weighted by Gasteiger charge is -2.08. The number of nitrogens with zero attached hydrogens (tertiary/aromatic N) is 2. The number of thiazole rings is 1. The summed E-state index contributed by atoms with van der Waals surface area (Å²) >= 11 is 7.16. The Morgan fingerprint density at radius 3 is 2.82 bits per heavy atom. The van der Waals surface area contributed by atoms with Crippen LogP contribution in [0.5, 0.6) is 5.75 Å². The number of methoxy groups -OCH3 is 1. The zero-order valence-corrected chi connectivity index (χ0v) is 16.1. The number of halogens is 2. The van der Waals surface area contributed by atoms with Gasteiger partial charge in [0.2, 0.25) is 0 Å². The fourth-order valence-corrected chi connectivity index (χ4v) is 3.85. The predicted molar refractivity (Wildman–Crippen MR) is 109 cm³/mol. The first-order chi connectivity index (χ1) is 13.5. The van der Waals surface area contributed by atoms with E-state index < -0.39 is 11.7 Å². The summed E-state index contributed by atoms with van der Waals surface area (Å²) in [6.45, 7) is 0. The van der Waals surface area contributed by atoms with Crippen LogP contribution in [0.3, 0.4) is 0 Å². The minimum absolute atomic E-state index is 0.200. The molecule has 0 saturated heterocycles. The fraction of sp³-hybridized carbons (Fsp3) is 0.0500. The number of carbonyl (C=O) groups is 1. The molecule has 4 rings (SSSR count). The number of anilines is 1. The molecule has 8 heteroatoms. The molecule has 1 N–H and O–H groups in total. The minimum Gasteiger partial charge on any atom is -0.496 e. The smallest absolute Gasteiger partial charge is 0.261 e. The van der Waals surface area contributed by atoms with Gasteiger partial charge in [-0.3, -0.25) is 15.1 Å². The highest BCUT2D eigenvalue weighted by molar-refractivity contribution is 7.22. The second-order valence-electron chi connectivity index (χ2n) is 5.86. The molecule has 0 unspecified atom stereocenters. The molecule has 0 aliphatic carbocycles. The average Bonchev–Trinajstić information content (AvgIpc) is 3.11. The summed E-state index contributed by atoms with van der Waals surface area (Å²) in [7, 11) is 1.47. The topological polar surface area (TPSA) is 64.1 Å².